The number of rotatable bonds is 4. The summed E-state index contributed by atoms with van der Waals surface area (Å²) in [5.41, 5.74) is 2.50. The predicted octanol–water partition coefficient (Wildman–Crippen LogP) is 6.21. The first-order valence-electron chi connectivity index (χ1n) is 9.38. The molecule has 1 aliphatic rings. The molecule has 4 rings (SSSR count). The normalized spacial score (nSPS) is 14.0. The van der Waals surface area contributed by atoms with Crippen LogP contribution in [0.3, 0.4) is 0 Å². The highest BCUT2D eigenvalue weighted by atomic mass is 35.5. The molecular weight excluding hydrogens is 484 g/mol. The summed E-state index contributed by atoms with van der Waals surface area (Å²) in [5, 5.41) is 0.0378. The SMILES string of the molecule is O=S(=O)(Nc1cccc(C2=NCCc3ccc(Cl)cc32)c1)c1ccc(C(F)(F)F)cc1Cl. The second-order valence-corrected chi connectivity index (χ2v) is 9.61. The van der Waals surface area contributed by atoms with Gasteiger partial charge in [-0.15, -0.1) is 0 Å². The lowest BCUT2D eigenvalue weighted by Gasteiger charge is -2.18. The quantitative estimate of drug-likeness (QED) is 0.465. The fourth-order valence-corrected chi connectivity index (χ4v) is 5.21. The number of halogens is 5. The molecule has 32 heavy (non-hydrogen) atoms. The summed E-state index contributed by atoms with van der Waals surface area (Å²) in [5.74, 6) is 0. The molecule has 1 aliphatic heterocycles. The number of alkyl halides is 3. The second-order valence-electron chi connectivity index (χ2n) is 7.11. The third-order valence-corrected chi connectivity index (χ3v) is 7.01. The summed E-state index contributed by atoms with van der Waals surface area (Å²) in [4.78, 5) is 4.12. The van der Waals surface area contributed by atoms with Crippen LogP contribution >= 0.6 is 23.2 Å². The smallest absolute Gasteiger partial charge is 0.284 e. The highest BCUT2D eigenvalue weighted by Crippen LogP contribution is 2.34. The molecule has 0 fully saturated rings. The van der Waals surface area contributed by atoms with Gasteiger partial charge in [0.2, 0.25) is 0 Å². The maximum Gasteiger partial charge on any atom is 0.416 e. The zero-order chi connectivity index (χ0) is 23.1. The van der Waals surface area contributed by atoms with Crippen LogP contribution in [0.25, 0.3) is 0 Å². The fraction of sp³-hybridized carbons (Fsp3) is 0.136. The Labute approximate surface area is 192 Å². The Morgan fingerprint density at radius 2 is 1.75 bits per heavy atom. The van der Waals surface area contributed by atoms with Crippen molar-refractivity contribution in [3.8, 4) is 0 Å². The van der Waals surface area contributed by atoms with Crippen molar-refractivity contribution >= 4 is 44.6 Å². The van der Waals surface area contributed by atoms with Crippen molar-refractivity contribution in [2.45, 2.75) is 17.5 Å². The first-order chi connectivity index (χ1) is 15.0. The predicted molar refractivity (Wildman–Crippen MR) is 119 cm³/mol. The van der Waals surface area contributed by atoms with E-state index in [9.17, 15) is 21.6 Å². The highest BCUT2D eigenvalue weighted by Gasteiger charge is 2.32. The average Bonchev–Trinajstić information content (AvgIpc) is 2.72. The summed E-state index contributed by atoms with van der Waals surface area (Å²) in [6.07, 6.45) is -3.86. The molecule has 0 radical (unpaired) electrons. The average molecular weight is 499 g/mol. The van der Waals surface area contributed by atoms with E-state index in [4.69, 9.17) is 23.2 Å². The molecule has 0 unspecified atom stereocenters. The Morgan fingerprint density at radius 3 is 2.47 bits per heavy atom. The minimum atomic E-state index is -4.63. The van der Waals surface area contributed by atoms with E-state index in [0.717, 1.165) is 23.6 Å². The first-order valence-corrected chi connectivity index (χ1v) is 11.6. The Kier molecular flexibility index (Phi) is 5.96. The first kappa shape index (κ1) is 22.6. The van der Waals surface area contributed by atoms with E-state index in [0.29, 0.717) is 35.0 Å². The standard InChI is InChI=1S/C22H15Cl2F3N2O2S/c23-16-6-4-13-8-9-28-21(18(13)12-16)14-2-1-3-17(10-14)29-32(30,31)20-7-5-15(11-19(20)24)22(25,26)27/h1-7,10-12,29H,8-9H2. The molecule has 10 heteroatoms. The number of hydrogen-bond acceptors (Lipinski definition) is 3. The highest BCUT2D eigenvalue weighted by molar-refractivity contribution is 7.92. The summed E-state index contributed by atoms with van der Waals surface area (Å²) in [6, 6.07) is 14.2. The molecule has 1 N–H and O–H groups in total. The van der Waals surface area contributed by atoms with Crippen molar-refractivity contribution < 1.29 is 21.6 Å². The molecule has 0 spiro atoms. The van der Waals surface area contributed by atoms with Crippen LogP contribution in [0, 0.1) is 0 Å². The van der Waals surface area contributed by atoms with Gasteiger partial charge in [-0.25, -0.2) is 8.42 Å². The van der Waals surface area contributed by atoms with Crippen LogP contribution in [0.2, 0.25) is 10.0 Å². The van der Waals surface area contributed by atoms with Gasteiger partial charge < -0.3 is 0 Å². The van der Waals surface area contributed by atoms with Crippen LogP contribution in [0.1, 0.15) is 22.3 Å². The maximum absolute atomic E-state index is 12.9. The number of aliphatic imine (C=N–C) groups is 1. The van der Waals surface area contributed by atoms with Gasteiger partial charge >= 0.3 is 6.18 Å². The Hall–Kier alpha value is -2.55. The third kappa shape index (κ3) is 4.62. The topological polar surface area (TPSA) is 58.5 Å². The molecule has 1 heterocycles. The van der Waals surface area contributed by atoms with Crippen LogP contribution in [-0.4, -0.2) is 20.7 Å². The second kappa shape index (κ2) is 8.42. The molecule has 166 valence electrons. The minimum Gasteiger partial charge on any atom is -0.284 e. The van der Waals surface area contributed by atoms with Crippen LogP contribution in [0.5, 0.6) is 0 Å². The molecule has 4 nitrogen and oxygen atoms in total. The molecule has 0 saturated heterocycles. The Morgan fingerprint density at radius 1 is 0.969 bits per heavy atom. The molecular formula is C22H15Cl2F3N2O2S. The number of hydrogen-bond donors (Lipinski definition) is 1. The van der Waals surface area contributed by atoms with Crippen LogP contribution < -0.4 is 4.72 Å². The lowest BCUT2D eigenvalue weighted by Crippen LogP contribution is -2.16. The molecule has 3 aromatic rings. The van der Waals surface area contributed by atoms with Gasteiger partial charge in [0, 0.05) is 28.4 Å². The molecule has 0 bridgehead atoms. The lowest BCUT2D eigenvalue weighted by molar-refractivity contribution is -0.137. The van der Waals surface area contributed by atoms with Crippen molar-refractivity contribution in [1.29, 1.82) is 0 Å². The number of nitrogens with zero attached hydrogens (tertiary/aromatic N) is 1. The Balaban J connectivity index is 1.66. The number of fused-ring (bicyclic) bond motifs is 1. The molecule has 0 atom stereocenters. The van der Waals surface area contributed by atoms with Gasteiger partial charge in [-0.1, -0.05) is 41.4 Å². The van der Waals surface area contributed by atoms with Gasteiger partial charge in [0.15, 0.2) is 0 Å². The molecule has 0 amide bonds. The fourth-order valence-electron chi connectivity index (χ4n) is 3.44. The van der Waals surface area contributed by atoms with Crippen LogP contribution in [0.4, 0.5) is 18.9 Å². The van der Waals surface area contributed by atoms with E-state index in [1.807, 2.05) is 18.2 Å². The van der Waals surface area contributed by atoms with Crippen molar-refractivity contribution in [2.24, 2.45) is 4.99 Å². The monoisotopic (exact) mass is 498 g/mol. The zero-order valence-corrected chi connectivity index (χ0v) is 18.6. The number of nitrogens with one attached hydrogen (secondary N) is 1. The van der Waals surface area contributed by atoms with E-state index in [1.54, 1.807) is 18.2 Å². The number of sulfonamides is 1. The van der Waals surface area contributed by atoms with E-state index in [-0.39, 0.29) is 5.69 Å². The summed E-state index contributed by atoms with van der Waals surface area (Å²) in [6.45, 7) is 0.584. The summed E-state index contributed by atoms with van der Waals surface area (Å²) in [7, 11) is -4.23. The van der Waals surface area contributed by atoms with Crippen molar-refractivity contribution in [3.63, 3.8) is 0 Å². The number of anilines is 1. The van der Waals surface area contributed by atoms with E-state index in [1.165, 1.54) is 6.07 Å². The van der Waals surface area contributed by atoms with E-state index >= 15 is 0 Å². The summed E-state index contributed by atoms with van der Waals surface area (Å²) >= 11 is 12.0. The van der Waals surface area contributed by atoms with Gasteiger partial charge in [0.1, 0.15) is 4.90 Å². The van der Waals surface area contributed by atoms with Crippen molar-refractivity contribution in [1.82, 2.24) is 0 Å². The third-order valence-electron chi connectivity index (χ3n) is 4.92. The van der Waals surface area contributed by atoms with Gasteiger partial charge in [-0.3, -0.25) is 9.71 Å². The molecule has 0 aromatic heterocycles. The van der Waals surface area contributed by atoms with E-state index < -0.39 is 31.7 Å². The van der Waals surface area contributed by atoms with Crippen molar-refractivity contribution in [3.05, 3.63) is 93.0 Å². The Bertz CT molecular complexity index is 1340. The zero-order valence-electron chi connectivity index (χ0n) is 16.2. The van der Waals surface area contributed by atoms with Crippen LogP contribution in [-0.2, 0) is 22.6 Å². The van der Waals surface area contributed by atoms with Crippen LogP contribution in [0.15, 0.2) is 70.6 Å². The van der Waals surface area contributed by atoms with Crippen molar-refractivity contribution in [2.75, 3.05) is 11.3 Å². The van der Waals surface area contributed by atoms with E-state index in [2.05, 4.69) is 9.71 Å². The maximum atomic E-state index is 12.9. The lowest BCUT2D eigenvalue weighted by atomic mass is 9.93. The minimum absolute atomic E-state index is 0.218. The van der Waals surface area contributed by atoms with Gasteiger partial charge in [0.25, 0.3) is 10.0 Å². The largest absolute Gasteiger partial charge is 0.416 e. The molecule has 0 saturated carbocycles. The number of benzene rings is 3. The molecule has 3 aromatic carbocycles. The summed E-state index contributed by atoms with van der Waals surface area (Å²) < 4.78 is 66.5. The molecule has 0 aliphatic carbocycles. The van der Waals surface area contributed by atoms with Gasteiger partial charge in [0.05, 0.1) is 16.3 Å². The van der Waals surface area contributed by atoms with Gasteiger partial charge in [-0.05, 0) is 54.4 Å². The van der Waals surface area contributed by atoms with Gasteiger partial charge in [-0.2, -0.15) is 13.2 Å².